The first-order chi connectivity index (χ1) is 15.7. The minimum absolute atomic E-state index is 0.150. The maximum atomic E-state index is 12.7. The number of rotatable bonds is 17. The van der Waals surface area contributed by atoms with Gasteiger partial charge in [0.25, 0.3) is 0 Å². The Bertz CT molecular complexity index is 571. The lowest BCUT2D eigenvalue weighted by molar-refractivity contribution is -0.166. The Balaban J connectivity index is 2.43. The first-order valence-corrected chi connectivity index (χ1v) is 13.3. The molecule has 0 aliphatic heterocycles. The third kappa shape index (κ3) is 13.0. The van der Waals surface area contributed by atoms with Gasteiger partial charge in [-0.15, -0.1) is 0 Å². The number of esters is 2. The molecule has 1 N–H and O–H groups in total. The molecule has 1 aliphatic rings. The fourth-order valence-electron chi connectivity index (χ4n) is 4.51. The number of unbranched alkanes of at least 4 members (excludes halogenated alkanes) is 6. The summed E-state index contributed by atoms with van der Waals surface area (Å²) in [5.74, 6) is -2.24. The maximum Gasteiger partial charge on any atom is 0.309 e. The van der Waals surface area contributed by atoms with Crippen molar-refractivity contribution in [3.63, 3.8) is 0 Å². The molecule has 33 heavy (non-hydrogen) atoms. The average molecular weight is 469 g/mol. The fourth-order valence-corrected chi connectivity index (χ4v) is 4.51. The zero-order chi connectivity index (χ0) is 24.6. The summed E-state index contributed by atoms with van der Waals surface area (Å²) >= 11 is 0. The summed E-state index contributed by atoms with van der Waals surface area (Å²) in [5, 5.41) is 9.41. The van der Waals surface area contributed by atoms with Gasteiger partial charge in [0, 0.05) is 0 Å². The first kappa shape index (κ1) is 29.4. The highest BCUT2D eigenvalue weighted by molar-refractivity contribution is 5.83. The van der Waals surface area contributed by atoms with E-state index in [9.17, 15) is 19.5 Å². The number of carboxylic acid groups (broad SMARTS) is 1. The molecular formula is C27H48O6. The summed E-state index contributed by atoms with van der Waals surface area (Å²) in [6.07, 6.45) is 11.6. The smallest absolute Gasteiger partial charge is 0.309 e. The van der Waals surface area contributed by atoms with Gasteiger partial charge < -0.3 is 14.6 Å². The SMILES string of the molecule is CC(C)CCCCCCOC(=O)C1CCC(C(=O)O)CC1C(=O)OCCCCCCC(C)C. The second-order valence-electron chi connectivity index (χ2n) is 10.6. The molecule has 192 valence electrons. The molecule has 0 bridgehead atoms. The molecule has 0 aromatic heterocycles. The third-order valence-corrected chi connectivity index (χ3v) is 6.65. The van der Waals surface area contributed by atoms with Crippen molar-refractivity contribution < 1.29 is 29.0 Å². The molecule has 0 radical (unpaired) electrons. The van der Waals surface area contributed by atoms with Crippen LogP contribution in [0.25, 0.3) is 0 Å². The van der Waals surface area contributed by atoms with Crippen molar-refractivity contribution in [2.24, 2.45) is 29.6 Å². The predicted octanol–water partition coefficient (Wildman–Crippen LogP) is 6.40. The van der Waals surface area contributed by atoms with Gasteiger partial charge in [0.05, 0.1) is 31.0 Å². The number of aliphatic carboxylic acids is 1. The number of carbonyl (C=O) groups excluding carboxylic acids is 2. The van der Waals surface area contributed by atoms with E-state index in [4.69, 9.17) is 9.47 Å². The summed E-state index contributed by atoms with van der Waals surface area (Å²) in [6.45, 7) is 9.55. The molecule has 3 unspecified atom stereocenters. The Morgan fingerprint density at radius 2 is 1.15 bits per heavy atom. The minimum atomic E-state index is -0.911. The molecule has 1 aliphatic carbocycles. The van der Waals surface area contributed by atoms with Crippen LogP contribution in [0.5, 0.6) is 0 Å². The van der Waals surface area contributed by atoms with E-state index in [1.165, 1.54) is 25.7 Å². The van der Waals surface area contributed by atoms with Crippen LogP contribution in [0.4, 0.5) is 0 Å². The van der Waals surface area contributed by atoms with Crippen LogP contribution in [0, 0.1) is 29.6 Å². The van der Waals surface area contributed by atoms with Crippen molar-refractivity contribution in [1.29, 1.82) is 0 Å². The predicted molar refractivity (Wildman–Crippen MR) is 130 cm³/mol. The highest BCUT2D eigenvalue weighted by Crippen LogP contribution is 2.36. The van der Waals surface area contributed by atoms with Gasteiger partial charge in [-0.2, -0.15) is 0 Å². The lowest BCUT2D eigenvalue weighted by Gasteiger charge is -2.31. The number of carboxylic acids is 1. The van der Waals surface area contributed by atoms with Crippen LogP contribution < -0.4 is 0 Å². The van der Waals surface area contributed by atoms with Crippen LogP contribution in [0.15, 0.2) is 0 Å². The van der Waals surface area contributed by atoms with Crippen molar-refractivity contribution in [2.75, 3.05) is 13.2 Å². The standard InChI is InChI=1S/C27H48O6/c1-20(2)13-9-5-7-11-17-32-26(30)23-16-15-22(25(28)29)19-24(23)27(31)33-18-12-8-6-10-14-21(3)4/h20-24H,5-19H2,1-4H3,(H,28,29). The maximum absolute atomic E-state index is 12.7. The Labute approximate surface area is 201 Å². The largest absolute Gasteiger partial charge is 0.481 e. The molecule has 0 heterocycles. The van der Waals surface area contributed by atoms with E-state index < -0.39 is 29.7 Å². The van der Waals surface area contributed by atoms with Crippen molar-refractivity contribution in [1.82, 2.24) is 0 Å². The summed E-state index contributed by atoms with van der Waals surface area (Å²) in [7, 11) is 0. The van der Waals surface area contributed by atoms with E-state index in [0.29, 0.717) is 37.9 Å². The molecule has 0 spiro atoms. The Kier molecular flexibility index (Phi) is 15.1. The first-order valence-electron chi connectivity index (χ1n) is 13.3. The number of carbonyl (C=O) groups is 3. The van der Waals surface area contributed by atoms with Crippen LogP contribution in [-0.4, -0.2) is 36.2 Å². The Morgan fingerprint density at radius 3 is 1.61 bits per heavy atom. The average Bonchev–Trinajstić information content (AvgIpc) is 2.76. The van der Waals surface area contributed by atoms with E-state index in [1.807, 2.05) is 0 Å². The molecule has 0 saturated heterocycles. The van der Waals surface area contributed by atoms with Crippen molar-refractivity contribution >= 4 is 17.9 Å². The van der Waals surface area contributed by atoms with Gasteiger partial charge in [-0.1, -0.05) is 79.1 Å². The quantitative estimate of drug-likeness (QED) is 0.196. The summed E-state index contributed by atoms with van der Waals surface area (Å²) in [6, 6.07) is 0. The van der Waals surface area contributed by atoms with E-state index in [2.05, 4.69) is 27.7 Å². The van der Waals surface area contributed by atoms with Crippen molar-refractivity contribution in [3.8, 4) is 0 Å². The molecule has 0 aromatic carbocycles. The van der Waals surface area contributed by atoms with Gasteiger partial charge in [-0.25, -0.2) is 0 Å². The number of hydrogen-bond donors (Lipinski definition) is 1. The molecule has 1 saturated carbocycles. The Morgan fingerprint density at radius 1 is 0.697 bits per heavy atom. The fraction of sp³-hybridized carbons (Fsp3) is 0.889. The van der Waals surface area contributed by atoms with E-state index in [1.54, 1.807) is 0 Å². The summed E-state index contributed by atoms with van der Waals surface area (Å²) in [4.78, 5) is 36.9. The zero-order valence-corrected chi connectivity index (χ0v) is 21.5. The molecule has 6 nitrogen and oxygen atoms in total. The van der Waals surface area contributed by atoms with Crippen LogP contribution in [0.3, 0.4) is 0 Å². The van der Waals surface area contributed by atoms with E-state index in [0.717, 1.165) is 38.5 Å². The molecule has 1 rings (SSSR count). The molecule has 0 amide bonds. The van der Waals surface area contributed by atoms with E-state index >= 15 is 0 Å². The van der Waals surface area contributed by atoms with Crippen molar-refractivity contribution in [3.05, 3.63) is 0 Å². The third-order valence-electron chi connectivity index (χ3n) is 6.65. The van der Waals surface area contributed by atoms with Gasteiger partial charge in [0.1, 0.15) is 0 Å². The lowest BCUT2D eigenvalue weighted by atomic mass is 9.74. The second kappa shape index (κ2) is 16.9. The van der Waals surface area contributed by atoms with Crippen LogP contribution >= 0.6 is 0 Å². The summed E-state index contributed by atoms with van der Waals surface area (Å²) < 4.78 is 10.9. The number of hydrogen-bond acceptors (Lipinski definition) is 5. The molecule has 1 fully saturated rings. The van der Waals surface area contributed by atoms with Crippen LogP contribution in [-0.2, 0) is 23.9 Å². The van der Waals surface area contributed by atoms with Crippen LogP contribution in [0.1, 0.15) is 111 Å². The number of ether oxygens (including phenoxy) is 2. The van der Waals surface area contributed by atoms with Gasteiger partial charge in [-0.3, -0.25) is 14.4 Å². The Hall–Kier alpha value is -1.59. The normalized spacial score (nSPS) is 20.7. The van der Waals surface area contributed by atoms with E-state index in [-0.39, 0.29) is 12.4 Å². The van der Waals surface area contributed by atoms with Crippen molar-refractivity contribution in [2.45, 2.75) is 111 Å². The molecule has 6 heteroatoms. The van der Waals surface area contributed by atoms with Gasteiger partial charge >= 0.3 is 17.9 Å². The zero-order valence-electron chi connectivity index (χ0n) is 21.5. The van der Waals surface area contributed by atoms with Crippen LogP contribution in [0.2, 0.25) is 0 Å². The molecule has 0 aromatic rings. The minimum Gasteiger partial charge on any atom is -0.481 e. The van der Waals surface area contributed by atoms with Gasteiger partial charge in [0.2, 0.25) is 0 Å². The van der Waals surface area contributed by atoms with Gasteiger partial charge in [0.15, 0.2) is 0 Å². The molecule has 3 atom stereocenters. The van der Waals surface area contributed by atoms with Gasteiger partial charge in [-0.05, 0) is 43.9 Å². The lowest BCUT2D eigenvalue weighted by Crippen LogP contribution is -2.39. The highest BCUT2D eigenvalue weighted by Gasteiger charge is 2.43. The topological polar surface area (TPSA) is 89.9 Å². The molecular weight excluding hydrogens is 420 g/mol. The second-order valence-corrected chi connectivity index (χ2v) is 10.6. The monoisotopic (exact) mass is 468 g/mol. The summed E-state index contributed by atoms with van der Waals surface area (Å²) in [5.41, 5.74) is 0. The highest BCUT2D eigenvalue weighted by atomic mass is 16.5.